The molecule has 0 aliphatic carbocycles. The fourth-order valence-corrected chi connectivity index (χ4v) is 1.47. The number of amides is 1. The molecule has 0 bridgehead atoms. The van der Waals surface area contributed by atoms with E-state index in [0.29, 0.717) is 19.8 Å². The van der Waals surface area contributed by atoms with E-state index in [2.05, 4.69) is 5.32 Å². The second kappa shape index (κ2) is 4.28. The fraction of sp³-hybridized carbons (Fsp3) is 0.500. The summed E-state index contributed by atoms with van der Waals surface area (Å²) in [4.78, 5) is 11.5. The molecule has 1 amide bonds. The summed E-state index contributed by atoms with van der Waals surface area (Å²) >= 11 is 0. The van der Waals surface area contributed by atoms with Crippen LogP contribution in [-0.2, 0) is 16.1 Å². The standard InChI is InChI=1S/C10H13NO3/c12-10(8-3-5-13-7-8)11-6-9-2-1-4-14-9/h1-2,4,8H,3,5-7H2,(H,11,12). The van der Waals surface area contributed by atoms with E-state index in [1.54, 1.807) is 12.3 Å². The Labute approximate surface area is 82.2 Å². The van der Waals surface area contributed by atoms with Gasteiger partial charge in [-0.1, -0.05) is 0 Å². The highest BCUT2D eigenvalue weighted by atomic mass is 16.5. The molecule has 4 heteroatoms. The summed E-state index contributed by atoms with van der Waals surface area (Å²) in [6, 6.07) is 3.64. The Kier molecular flexibility index (Phi) is 2.84. The molecule has 0 radical (unpaired) electrons. The van der Waals surface area contributed by atoms with Gasteiger partial charge in [0, 0.05) is 6.61 Å². The van der Waals surface area contributed by atoms with E-state index >= 15 is 0 Å². The Morgan fingerprint density at radius 3 is 3.21 bits per heavy atom. The van der Waals surface area contributed by atoms with Gasteiger partial charge in [0.2, 0.25) is 5.91 Å². The fourth-order valence-electron chi connectivity index (χ4n) is 1.47. The number of hydrogen-bond donors (Lipinski definition) is 1. The third-order valence-electron chi connectivity index (χ3n) is 2.32. The molecule has 2 heterocycles. The van der Waals surface area contributed by atoms with E-state index in [1.165, 1.54) is 0 Å². The van der Waals surface area contributed by atoms with Crippen molar-refractivity contribution in [3.05, 3.63) is 24.2 Å². The van der Waals surface area contributed by atoms with E-state index in [9.17, 15) is 4.79 Å². The summed E-state index contributed by atoms with van der Waals surface area (Å²) in [5, 5.41) is 2.81. The molecule has 1 atom stereocenters. The van der Waals surface area contributed by atoms with Crippen LogP contribution in [0.25, 0.3) is 0 Å². The predicted molar refractivity (Wildman–Crippen MR) is 49.5 cm³/mol. The molecule has 1 aromatic heterocycles. The lowest BCUT2D eigenvalue weighted by molar-refractivity contribution is -0.125. The summed E-state index contributed by atoms with van der Waals surface area (Å²) in [5.74, 6) is 0.848. The van der Waals surface area contributed by atoms with Gasteiger partial charge in [-0.15, -0.1) is 0 Å². The summed E-state index contributed by atoms with van der Waals surface area (Å²) in [6.45, 7) is 1.70. The highest BCUT2D eigenvalue weighted by molar-refractivity contribution is 5.78. The van der Waals surface area contributed by atoms with E-state index in [1.807, 2.05) is 6.07 Å². The van der Waals surface area contributed by atoms with Crippen molar-refractivity contribution in [2.24, 2.45) is 5.92 Å². The Morgan fingerprint density at radius 2 is 2.57 bits per heavy atom. The summed E-state index contributed by atoms with van der Waals surface area (Å²) < 4.78 is 10.2. The lowest BCUT2D eigenvalue weighted by atomic mass is 10.1. The normalized spacial score (nSPS) is 21.0. The van der Waals surface area contributed by atoms with Crippen LogP contribution in [0.1, 0.15) is 12.2 Å². The highest BCUT2D eigenvalue weighted by Crippen LogP contribution is 2.12. The van der Waals surface area contributed by atoms with Crippen molar-refractivity contribution in [1.82, 2.24) is 5.32 Å². The Bertz CT molecular complexity index is 288. The first-order valence-electron chi connectivity index (χ1n) is 4.74. The molecule has 1 N–H and O–H groups in total. The monoisotopic (exact) mass is 195 g/mol. The number of ether oxygens (including phenoxy) is 1. The molecule has 76 valence electrons. The van der Waals surface area contributed by atoms with Gasteiger partial charge in [-0.3, -0.25) is 4.79 Å². The Hall–Kier alpha value is -1.29. The van der Waals surface area contributed by atoms with E-state index in [0.717, 1.165) is 12.2 Å². The molecular formula is C10H13NO3. The molecule has 2 rings (SSSR count). The lowest BCUT2D eigenvalue weighted by Crippen LogP contribution is -2.30. The molecule has 14 heavy (non-hydrogen) atoms. The number of carbonyl (C=O) groups excluding carboxylic acids is 1. The second-order valence-electron chi connectivity index (χ2n) is 3.36. The number of hydrogen-bond acceptors (Lipinski definition) is 3. The van der Waals surface area contributed by atoms with Crippen molar-refractivity contribution >= 4 is 5.91 Å². The van der Waals surface area contributed by atoms with Crippen LogP contribution in [-0.4, -0.2) is 19.1 Å². The molecule has 1 aliphatic rings. The highest BCUT2D eigenvalue weighted by Gasteiger charge is 2.23. The Balaban J connectivity index is 1.77. The maximum atomic E-state index is 11.5. The number of carbonyl (C=O) groups is 1. The average molecular weight is 195 g/mol. The molecule has 0 aromatic carbocycles. The zero-order valence-corrected chi connectivity index (χ0v) is 7.86. The summed E-state index contributed by atoms with van der Waals surface area (Å²) in [7, 11) is 0. The van der Waals surface area contributed by atoms with E-state index < -0.39 is 0 Å². The van der Waals surface area contributed by atoms with Gasteiger partial charge in [0.1, 0.15) is 5.76 Å². The van der Waals surface area contributed by atoms with Crippen LogP contribution in [0.2, 0.25) is 0 Å². The minimum atomic E-state index is 0.0185. The molecule has 1 aromatic rings. The number of furan rings is 1. The Morgan fingerprint density at radius 1 is 1.64 bits per heavy atom. The van der Waals surface area contributed by atoms with Gasteiger partial charge in [0.25, 0.3) is 0 Å². The zero-order valence-electron chi connectivity index (χ0n) is 7.86. The minimum absolute atomic E-state index is 0.0185. The molecule has 1 saturated heterocycles. The lowest BCUT2D eigenvalue weighted by Gasteiger charge is -2.07. The molecule has 1 aliphatic heterocycles. The maximum Gasteiger partial charge on any atom is 0.225 e. The molecular weight excluding hydrogens is 182 g/mol. The third-order valence-corrected chi connectivity index (χ3v) is 2.32. The molecule has 4 nitrogen and oxygen atoms in total. The SMILES string of the molecule is O=C(NCc1ccco1)C1CCOC1. The molecule has 1 unspecified atom stereocenters. The molecule has 1 fully saturated rings. The van der Waals surface area contributed by atoms with Gasteiger partial charge in [-0.05, 0) is 18.6 Å². The van der Waals surface area contributed by atoms with E-state index in [4.69, 9.17) is 9.15 Å². The van der Waals surface area contributed by atoms with Crippen LogP contribution < -0.4 is 5.32 Å². The summed E-state index contributed by atoms with van der Waals surface area (Å²) in [6.07, 6.45) is 2.42. The quantitative estimate of drug-likeness (QED) is 0.780. The van der Waals surface area contributed by atoms with Crippen molar-refractivity contribution in [2.75, 3.05) is 13.2 Å². The van der Waals surface area contributed by atoms with Crippen LogP contribution in [0.3, 0.4) is 0 Å². The van der Waals surface area contributed by atoms with Gasteiger partial charge >= 0.3 is 0 Å². The van der Waals surface area contributed by atoms with Crippen LogP contribution in [0, 0.1) is 5.92 Å². The number of nitrogens with one attached hydrogen (secondary N) is 1. The largest absolute Gasteiger partial charge is 0.467 e. The average Bonchev–Trinajstić information content (AvgIpc) is 2.87. The van der Waals surface area contributed by atoms with Crippen LogP contribution in [0.5, 0.6) is 0 Å². The molecule has 0 saturated carbocycles. The van der Waals surface area contributed by atoms with Crippen molar-refractivity contribution in [3.8, 4) is 0 Å². The maximum absolute atomic E-state index is 11.5. The van der Waals surface area contributed by atoms with Gasteiger partial charge in [0.05, 0.1) is 25.3 Å². The van der Waals surface area contributed by atoms with Crippen molar-refractivity contribution in [2.45, 2.75) is 13.0 Å². The third kappa shape index (κ3) is 2.14. The van der Waals surface area contributed by atoms with Gasteiger partial charge in [-0.2, -0.15) is 0 Å². The van der Waals surface area contributed by atoms with Crippen molar-refractivity contribution in [3.63, 3.8) is 0 Å². The zero-order chi connectivity index (χ0) is 9.80. The summed E-state index contributed by atoms with van der Waals surface area (Å²) in [5.41, 5.74) is 0. The van der Waals surface area contributed by atoms with Crippen LogP contribution >= 0.6 is 0 Å². The topological polar surface area (TPSA) is 51.5 Å². The van der Waals surface area contributed by atoms with E-state index in [-0.39, 0.29) is 11.8 Å². The van der Waals surface area contributed by atoms with Gasteiger partial charge in [0.15, 0.2) is 0 Å². The first kappa shape index (κ1) is 9.27. The predicted octanol–water partition coefficient (Wildman–Crippen LogP) is 0.932. The van der Waals surface area contributed by atoms with Crippen molar-refractivity contribution in [1.29, 1.82) is 0 Å². The minimum Gasteiger partial charge on any atom is -0.467 e. The first-order chi connectivity index (χ1) is 6.86. The van der Waals surface area contributed by atoms with Crippen LogP contribution in [0.15, 0.2) is 22.8 Å². The number of rotatable bonds is 3. The van der Waals surface area contributed by atoms with Gasteiger partial charge < -0.3 is 14.5 Å². The smallest absolute Gasteiger partial charge is 0.225 e. The van der Waals surface area contributed by atoms with Crippen molar-refractivity contribution < 1.29 is 13.9 Å². The first-order valence-corrected chi connectivity index (χ1v) is 4.74. The van der Waals surface area contributed by atoms with Gasteiger partial charge in [-0.25, -0.2) is 0 Å². The van der Waals surface area contributed by atoms with Crippen LogP contribution in [0.4, 0.5) is 0 Å². The second-order valence-corrected chi connectivity index (χ2v) is 3.36. The molecule has 0 spiro atoms.